The van der Waals surface area contributed by atoms with E-state index >= 15 is 0 Å². The molecule has 0 spiro atoms. The molecule has 4 nitrogen and oxygen atoms in total. The average Bonchev–Trinajstić information content (AvgIpc) is 2.54. The first-order valence-corrected chi connectivity index (χ1v) is 9.46. The lowest BCUT2D eigenvalue weighted by Gasteiger charge is -2.38. The zero-order valence-electron chi connectivity index (χ0n) is 12.0. The van der Waals surface area contributed by atoms with Gasteiger partial charge in [-0.25, -0.2) is 0 Å². The Labute approximate surface area is 131 Å². The van der Waals surface area contributed by atoms with Gasteiger partial charge in [0.25, 0.3) is 10.2 Å². The molecule has 0 amide bonds. The summed E-state index contributed by atoms with van der Waals surface area (Å²) in [5, 5.41) is 0. The SMILES string of the molecule is O=S(=O)(N1CCc2ccccc2C1)N1CCCCC1CCl. The predicted octanol–water partition coefficient (Wildman–Crippen LogP) is 2.38. The van der Waals surface area contributed by atoms with Gasteiger partial charge >= 0.3 is 0 Å². The number of nitrogens with zero attached hydrogens (tertiary/aromatic N) is 2. The second kappa shape index (κ2) is 6.24. The van der Waals surface area contributed by atoms with Crippen LogP contribution < -0.4 is 0 Å². The van der Waals surface area contributed by atoms with E-state index in [2.05, 4.69) is 6.07 Å². The van der Waals surface area contributed by atoms with Crippen molar-refractivity contribution >= 4 is 21.8 Å². The lowest BCUT2D eigenvalue weighted by molar-refractivity contribution is 0.242. The average molecular weight is 329 g/mol. The van der Waals surface area contributed by atoms with Gasteiger partial charge in [-0.1, -0.05) is 30.7 Å². The standard InChI is InChI=1S/C15H21ClN2O2S/c16-11-15-7-3-4-9-18(15)21(19,20)17-10-8-13-5-1-2-6-14(13)12-17/h1-2,5-6,15H,3-4,7-12H2. The second-order valence-electron chi connectivity index (χ2n) is 5.77. The fraction of sp³-hybridized carbons (Fsp3) is 0.600. The van der Waals surface area contributed by atoms with Crippen LogP contribution in [0.4, 0.5) is 0 Å². The predicted molar refractivity (Wildman–Crippen MR) is 84.5 cm³/mol. The van der Waals surface area contributed by atoms with E-state index in [0.29, 0.717) is 25.5 Å². The van der Waals surface area contributed by atoms with Gasteiger partial charge in [-0.15, -0.1) is 11.6 Å². The zero-order chi connectivity index (χ0) is 14.9. The summed E-state index contributed by atoms with van der Waals surface area (Å²) in [6.45, 7) is 1.63. The first kappa shape index (κ1) is 15.3. The van der Waals surface area contributed by atoms with Gasteiger partial charge in [0.15, 0.2) is 0 Å². The van der Waals surface area contributed by atoms with E-state index in [4.69, 9.17) is 11.6 Å². The molecule has 21 heavy (non-hydrogen) atoms. The Bertz CT molecular complexity index is 605. The van der Waals surface area contributed by atoms with E-state index in [9.17, 15) is 8.42 Å². The third-order valence-corrected chi connectivity index (χ3v) is 6.86. The molecule has 6 heteroatoms. The fourth-order valence-corrected chi connectivity index (χ4v) is 5.49. The van der Waals surface area contributed by atoms with E-state index in [1.165, 1.54) is 5.56 Å². The van der Waals surface area contributed by atoms with E-state index in [-0.39, 0.29) is 6.04 Å². The van der Waals surface area contributed by atoms with Crippen molar-refractivity contribution in [2.24, 2.45) is 0 Å². The molecule has 0 radical (unpaired) electrons. The Morgan fingerprint density at radius 2 is 1.90 bits per heavy atom. The summed E-state index contributed by atoms with van der Waals surface area (Å²) >= 11 is 5.98. The van der Waals surface area contributed by atoms with Gasteiger partial charge in [-0.05, 0) is 30.4 Å². The minimum absolute atomic E-state index is 0.0532. The summed E-state index contributed by atoms with van der Waals surface area (Å²) in [5.74, 6) is 0.379. The van der Waals surface area contributed by atoms with Crippen molar-refractivity contribution in [3.05, 3.63) is 35.4 Å². The molecule has 0 N–H and O–H groups in total. The fourth-order valence-electron chi connectivity index (χ4n) is 3.25. The minimum Gasteiger partial charge on any atom is -0.195 e. The number of hydrogen-bond acceptors (Lipinski definition) is 2. The van der Waals surface area contributed by atoms with Crippen LogP contribution in [0, 0.1) is 0 Å². The number of fused-ring (bicyclic) bond motifs is 1. The third-order valence-electron chi connectivity index (χ3n) is 4.47. The van der Waals surface area contributed by atoms with Crippen LogP contribution in [0.2, 0.25) is 0 Å². The number of hydrogen-bond donors (Lipinski definition) is 0. The Morgan fingerprint density at radius 3 is 2.67 bits per heavy atom. The molecule has 0 aliphatic carbocycles. The minimum atomic E-state index is -3.41. The summed E-state index contributed by atoms with van der Waals surface area (Å²) in [4.78, 5) is 0. The molecule has 0 bridgehead atoms. The Kier molecular flexibility index (Phi) is 4.54. The molecule has 0 aromatic heterocycles. The normalized spacial score (nSPS) is 24.7. The number of benzene rings is 1. The first-order valence-electron chi connectivity index (χ1n) is 7.52. The van der Waals surface area contributed by atoms with Gasteiger partial charge in [0.05, 0.1) is 0 Å². The number of piperidine rings is 1. The van der Waals surface area contributed by atoms with E-state index in [0.717, 1.165) is 31.2 Å². The van der Waals surface area contributed by atoms with Gasteiger partial charge in [0.2, 0.25) is 0 Å². The van der Waals surface area contributed by atoms with Crippen molar-refractivity contribution < 1.29 is 8.42 Å². The largest absolute Gasteiger partial charge is 0.282 e. The molecule has 3 rings (SSSR count). The Morgan fingerprint density at radius 1 is 1.14 bits per heavy atom. The highest BCUT2D eigenvalue weighted by Crippen LogP contribution is 2.27. The smallest absolute Gasteiger partial charge is 0.195 e. The van der Waals surface area contributed by atoms with Crippen molar-refractivity contribution in [2.75, 3.05) is 19.0 Å². The maximum atomic E-state index is 12.9. The molecule has 1 unspecified atom stereocenters. The Balaban J connectivity index is 1.82. The quantitative estimate of drug-likeness (QED) is 0.799. The van der Waals surface area contributed by atoms with Crippen LogP contribution in [0.5, 0.6) is 0 Å². The molecule has 0 saturated carbocycles. The molecular weight excluding hydrogens is 308 g/mol. The summed E-state index contributed by atoms with van der Waals surface area (Å²) in [7, 11) is -3.41. The molecular formula is C15H21ClN2O2S. The third kappa shape index (κ3) is 2.97. The van der Waals surface area contributed by atoms with Gasteiger partial charge < -0.3 is 0 Å². The highest BCUT2D eigenvalue weighted by molar-refractivity contribution is 7.86. The first-order chi connectivity index (χ1) is 10.1. The van der Waals surface area contributed by atoms with Crippen molar-refractivity contribution in [2.45, 2.75) is 38.3 Å². The van der Waals surface area contributed by atoms with Gasteiger partial charge in [0.1, 0.15) is 0 Å². The van der Waals surface area contributed by atoms with Crippen LogP contribution in [0.3, 0.4) is 0 Å². The molecule has 1 saturated heterocycles. The van der Waals surface area contributed by atoms with Gasteiger partial charge in [-0.3, -0.25) is 0 Å². The highest BCUT2D eigenvalue weighted by Gasteiger charge is 2.37. The maximum Gasteiger partial charge on any atom is 0.282 e. The van der Waals surface area contributed by atoms with Crippen LogP contribution in [-0.4, -0.2) is 42.0 Å². The summed E-state index contributed by atoms with van der Waals surface area (Å²) in [6, 6.07) is 8.03. The van der Waals surface area contributed by atoms with E-state index in [1.807, 2.05) is 18.2 Å². The zero-order valence-corrected chi connectivity index (χ0v) is 13.6. The molecule has 1 atom stereocenters. The lowest BCUT2D eigenvalue weighted by Crippen LogP contribution is -2.52. The van der Waals surface area contributed by atoms with Crippen molar-refractivity contribution in [3.63, 3.8) is 0 Å². The molecule has 2 aliphatic heterocycles. The lowest BCUT2D eigenvalue weighted by atomic mass is 10.0. The molecule has 2 aliphatic rings. The van der Waals surface area contributed by atoms with E-state index < -0.39 is 10.2 Å². The number of alkyl halides is 1. The summed E-state index contributed by atoms with van der Waals surface area (Å²) < 4.78 is 29.1. The highest BCUT2D eigenvalue weighted by atomic mass is 35.5. The van der Waals surface area contributed by atoms with Crippen LogP contribution in [0.1, 0.15) is 30.4 Å². The molecule has 1 fully saturated rings. The van der Waals surface area contributed by atoms with Crippen molar-refractivity contribution in [1.29, 1.82) is 0 Å². The van der Waals surface area contributed by atoms with Crippen molar-refractivity contribution in [3.8, 4) is 0 Å². The molecule has 2 heterocycles. The summed E-state index contributed by atoms with van der Waals surface area (Å²) in [6.07, 6.45) is 3.64. The number of halogens is 1. The topological polar surface area (TPSA) is 40.6 Å². The van der Waals surface area contributed by atoms with Crippen molar-refractivity contribution in [1.82, 2.24) is 8.61 Å². The van der Waals surface area contributed by atoms with Crippen LogP contribution >= 0.6 is 11.6 Å². The molecule has 1 aromatic rings. The number of rotatable bonds is 3. The van der Waals surface area contributed by atoms with E-state index in [1.54, 1.807) is 8.61 Å². The summed E-state index contributed by atoms with van der Waals surface area (Å²) in [5.41, 5.74) is 2.38. The van der Waals surface area contributed by atoms with Gasteiger partial charge in [-0.2, -0.15) is 17.0 Å². The maximum absolute atomic E-state index is 12.9. The molecule has 1 aromatic carbocycles. The second-order valence-corrected chi connectivity index (χ2v) is 7.96. The van der Waals surface area contributed by atoms with Crippen LogP contribution in [-0.2, 0) is 23.2 Å². The van der Waals surface area contributed by atoms with Gasteiger partial charge in [0, 0.05) is 31.6 Å². The van der Waals surface area contributed by atoms with Crippen LogP contribution in [0.15, 0.2) is 24.3 Å². The monoisotopic (exact) mass is 328 g/mol. The van der Waals surface area contributed by atoms with Crippen LogP contribution in [0.25, 0.3) is 0 Å². The Hall–Kier alpha value is -0.620. The molecule has 116 valence electrons.